The fourth-order valence-corrected chi connectivity index (χ4v) is 1.24. The summed E-state index contributed by atoms with van der Waals surface area (Å²) < 4.78 is 4.90. The van der Waals surface area contributed by atoms with E-state index in [-0.39, 0.29) is 0 Å². The SMILES string of the molecule is CCN(CC)C(=S)NCCOC. The molecule has 0 bridgehead atoms. The number of nitrogens with one attached hydrogen (secondary N) is 1. The van der Waals surface area contributed by atoms with E-state index >= 15 is 0 Å². The molecule has 12 heavy (non-hydrogen) atoms. The van der Waals surface area contributed by atoms with E-state index in [1.807, 2.05) is 0 Å². The monoisotopic (exact) mass is 190 g/mol. The zero-order chi connectivity index (χ0) is 9.40. The average Bonchev–Trinajstić information content (AvgIpc) is 2.07. The first-order chi connectivity index (χ1) is 5.76. The fraction of sp³-hybridized carbons (Fsp3) is 0.875. The number of hydrogen-bond donors (Lipinski definition) is 1. The van der Waals surface area contributed by atoms with Crippen LogP contribution in [-0.2, 0) is 4.74 Å². The Morgan fingerprint density at radius 3 is 2.42 bits per heavy atom. The molecule has 0 amide bonds. The van der Waals surface area contributed by atoms with Gasteiger partial charge < -0.3 is 15.0 Å². The second kappa shape index (κ2) is 7.31. The molecule has 0 aromatic rings. The summed E-state index contributed by atoms with van der Waals surface area (Å²) in [6.45, 7) is 7.57. The molecule has 0 heterocycles. The third-order valence-electron chi connectivity index (χ3n) is 1.63. The number of ether oxygens (including phenoxy) is 1. The highest BCUT2D eigenvalue weighted by atomic mass is 32.1. The van der Waals surface area contributed by atoms with Crippen LogP contribution >= 0.6 is 12.2 Å². The van der Waals surface area contributed by atoms with Gasteiger partial charge in [0.1, 0.15) is 0 Å². The summed E-state index contributed by atoms with van der Waals surface area (Å²) >= 11 is 5.15. The van der Waals surface area contributed by atoms with Crippen LogP contribution in [-0.4, -0.2) is 43.4 Å². The summed E-state index contributed by atoms with van der Waals surface area (Å²) in [5.41, 5.74) is 0. The van der Waals surface area contributed by atoms with Crippen LogP contribution < -0.4 is 5.32 Å². The lowest BCUT2D eigenvalue weighted by Gasteiger charge is -2.22. The fourth-order valence-electron chi connectivity index (χ4n) is 0.883. The lowest BCUT2D eigenvalue weighted by atomic mass is 10.5. The lowest BCUT2D eigenvalue weighted by molar-refractivity contribution is 0.203. The van der Waals surface area contributed by atoms with Gasteiger partial charge in [-0.05, 0) is 26.1 Å². The molecule has 0 saturated carbocycles. The highest BCUT2D eigenvalue weighted by Gasteiger charge is 2.02. The summed E-state index contributed by atoms with van der Waals surface area (Å²) in [7, 11) is 1.68. The number of methoxy groups -OCH3 is 1. The highest BCUT2D eigenvalue weighted by Crippen LogP contribution is 1.87. The average molecular weight is 190 g/mol. The molecular weight excluding hydrogens is 172 g/mol. The van der Waals surface area contributed by atoms with Gasteiger partial charge in [0.2, 0.25) is 0 Å². The summed E-state index contributed by atoms with van der Waals surface area (Å²) in [5.74, 6) is 0. The molecule has 0 aliphatic rings. The lowest BCUT2D eigenvalue weighted by Crippen LogP contribution is -2.40. The Morgan fingerprint density at radius 1 is 1.42 bits per heavy atom. The van der Waals surface area contributed by atoms with Gasteiger partial charge in [-0.25, -0.2) is 0 Å². The quantitative estimate of drug-likeness (QED) is 0.513. The number of thiocarbonyl (C=S) groups is 1. The van der Waals surface area contributed by atoms with Crippen molar-refractivity contribution in [3.63, 3.8) is 0 Å². The van der Waals surface area contributed by atoms with Crippen molar-refractivity contribution >= 4 is 17.3 Å². The van der Waals surface area contributed by atoms with Crippen molar-refractivity contribution in [1.82, 2.24) is 10.2 Å². The molecule has 0 fully saturated rings. The van der Waals surface area contributed by atoms with Crippen LogP contribution in [0, 0.1) is 0 Å². The Labute approximate surface area is 80.1 Å². The van der Waals surface area contributed by atoms with Crippen LogP contribution in [0.5, 0.6) is 0 Å². The third-order valence-corrected chi connectivity index (χ3v) is 2.04. The Morgan fingerprint density at radius 2 is 2.00 bits per heavy atom. The summed E-state index contributed by atoms with van der Waals surface area (Å²) in [6.07, 6.45) is 0. The number of nitrogens with zero attached hydrogens (tertiary/aromatic N) is 1. The minimum Gasteiger partial charge on any atom is -0.383 e. The van der Waals surface area contributed by atoms with Gasteiger partial charge in [0.25, 0.3) is 0 Å². The van der Waals surface area contributed by atoms with Crippen LogP contribution in [0.15, 0.2) is 0 Å². The van der Waals surface area contributed by atoms with E-state index in [4.69, 9.17) is 17.0 Å². The van der Waals surface area contributed by atoms with Gasteiger partial charge in [0, 0.05) is 26.7 Å². The molecule has 0 atom stereocenters. The highest BCUT2D eigenvalue weighted by molar-refractivity contribution is 7.80. The topological polar surface area (TPSA) is 24.5 Å². The van der Waals surface area contributed by atoms with E-state index < -0.39 is 0 Å². The predicted octanol–water partition coefficient (Wildman–Crippen LogP) is 0.849. The number of rotatable bonds is 5. The van der Waals surface area contributed by atoms with Crippen molar-refractivity contribution in [2.24, 2.45) is 0 Å². The predicted molar refractivity (Wildman–Crippen MR) is 55.4 cm³/mol. The molecule has 0 saturated heterocycles. The van der Waals surface area contributed by atoms with Gasteiger partial charge in [0.05, 0.1) is 6.61 Å². The standard InChI is InChI=1S/C8H18N2OS/c1-4-10(5-2)8(12)9-6-7-11-3/h4-7H2,1-3H3,(H,9,12). The van der Waals surface area contributed by atoms with Crippen molar-refractivity contribution in [3.8, 4) is 0 Å². The van der Waals surface area contributed by atoms with Gasteiger partial charge in [-0.15, -0.1) is 0 Å². The van der Waals surface area contributed by atoms with Crippen LogP contribution in [0.4, 0.5) is 0 Å². The van der Waals surface area contributed by atoms with E-state index in [0.29, 0.717) is 6.61 Å². The van der Waals surface area contributed by atoms with Gasteiger partial charge in [-0.1, -0.05) is 0 Å². The Balaban J connectivity index is 3.54. The molecule has 0 unspecified atom stereocenters. The zero-order valence-corrected chi connectivity index (χ0v) is 8.91. The van der Waals surface area contributed by atoms with E-state index in [1.165, 1.54) is 0 Å². The second-order valence-corrected chi connectivity index (χ2v) is 2.78. The molecule has 1 N–H and O–H groups in total. The molecule has 0 aromatic carbocycles. The van der Waals surface area contributed by atoms with Crippen molar-refractivity contribution in [3.05, 3.63) is 0 Å². The van der Waals surface area contributed by atoms with Crippen molar-refractivity contribution in [1.29, 1.82) is 0 Å². The molecule has 0 radical (unpaired) electrons. The van der Waals surface area contributed by atoms with Crippen molar-refractivity contribution < 1.29 is 4.74 Å². The molecule has 0 spiro atoms. The first kappa shape index (κ1) is 11.6. The Kier molecular flexibility index (Phi) is 7.09. The smallest absolute Gasteiger partial charge is 0.168 e. The first-order valence-corrected chi connectivity index (χ1v) is 4.68. The normalized spacial score (nSPS) is 9.58. The molecule has 4 heteroatoms. The van der Waals surface area contributed by atoms with Crippen LogP contribution in [0.25, 0.3) is 0 Å². The van der Waals surface area contributed by atoms with Gasteiger partial charge in [-0.2, -0.15) is 0 Å². The maximum atomic E-state index is 5.15. The molecule has 0 aliphatic carbocycles. The molecule has 0 aromatic heterocycles. The summed E-state index contributed by atoms with van der Waals surface area (Å²) in [4.78, 5) is 2.10. The van der Waals surface area contributed by atoms with Crippen molar-refractivity contribution in [2.75, 3.05) is 33.4 Å². The van der Waals surface area contributed by atoms with Crippen LogP contribution in [0.2, 0.25) is 0 Å². The van der Waals surface area contributed by atoms with Gasteiger partial charge in [0.15, 0.2) is 5.11 Å². The molecule has 72 valence electrons. The van der Waals surface area contributed by atoms with Crippen LogP contribution in [0.1, 0.15) is 13.8 Å². The van der Waals surface area contributed by atoms with E-state index in [1.54, 1.807) is 7.11 Å². The second-order valence-electron chi connectivity index (χ2n) is 2.40. The van der Waals surface area contributed by atoms with Crippen molar-refractivity contribution in [2.45, 2.75) is 13.8 Å². The Bertz CT molecular complexity index is 126. The van der Waals surface area contributed by atoms with Gasteiger partial charge in [-0.3, -0.25) is 0 Å². The minimum absolute atomic E-state index is 0.696. The van der Waals surface area contributed by atoms with Crippen LogP contribution in [0.3, 0.4) is 0 Å². The first-order valence-electron chi connectivity index (χ1n) is 4.27. The van der Waals surface area contributed by atoms with E-state index in [9.17, 15) is 0 Å². The summed E-state index contributed by atoms with van der Waals surface area (Å²) in [5, 5.41) is 3.93. The molecule has 0 rings (SSSR count). The molecular formula is C8H18N2OS. The largest absolute Gasteiger partial charge is 0.383 e. The maximum Gasteiger partial charge on any atom is 0.168 e. The zero-order valence-electron chi connectivity index (χ0n) is 8.09. The molecule has 0 aliphatic heterocycles. The summed E-state index contributed by atoms with van der Waals surface area (Å²) in [6, 6.07) is 0. The Hall–Kier alpha value is -0.350. The van der Waals surface area contributed by atoms with Gasteiger partial charge >= 0.3 is 0 Å². The van der Waals surface area contributed by atoms with E-state index in [0.717, 1.165) is 24.7 Å². The van der Waals surface area contributed by atoms with E-state index in [2.05, 4.69) is 24.1 Å². The number of hydrogen-bond acceptors (Lipinski definition) is 2. The molecule has 3 nitrogen and oxygen atoms in total. The minimum atomic E-state index is 0.696. The maximum absolute atomic E-state index is 5.15. The third kappa shape index (κ3) is 4.51.